The summed E-state index contributed by atoms with van der Waals surface area (Å²) in [6, 6.07) is 13.5. The monoisotopic (exact) mass is 349 g/mol. The summed E-state index contributed by atoms with van der Waals surface area (Å²) in [5.41, 5.74) is 16.2. The topological polar surface area (TPSA) is 112 Å². The molecule has 26 heavy (non-hydrogen) atoms. The van der Waals surface area contributed by atoms with Gasteiger partial charge in [0.25, 0.3) is 0 Å². The van der Waals surface area contributed by atoms with Crippen LogP contribution in [0.15, 0.2) is 42.5 Å². The predicted octanol–water partition coefficient (Wildman–Crippen LogP) is 2.30. The van der Waals surface area contributed by atoms with Gasteiger partial charge < -0.3 is 25.9 Å². The van der Waals surface area contributed by atoms with Crippen LogP contribution in [0.1, 0.15) is 11.1 Å². The third-order valence-electron chi connectivity index (χ3n) is 4.50. The first-order chi connectivity index (χ1) is 12.6. The van der Waals surface area contributed by atoms with Crippen molar-refractivity contribution in [2.24, 2.45) is 0 Å². The second-order valence-electron chi connectivity index (χ2n) is 6.07. The van der Waals surface area contributed by atoms with Gasteiger partial charge in [-0.2, -0.15) is 4.98 Å². The average Bonchev–Trinajstić information content (AvgIpc) is 2.96. The van der Waals surface area contributed by atoms with Crippen LogP contribution in [-0.2, 0) is 13.2 Å². The Morgan fingerprint density at radius 1 is 1.12 bits per heavy atom. The summed E-state index contributed by atoms with van der Waals surface area (Å²) in [5, 5.41) is 10.4. The maximum Gasteiger partial charge on any atom is 0.222 e. The van der Waals surface area contributed by atoms with Crippen LogP contribution in [0.4, 0.5) is 11.8 Å². The van der Waals surface area contributed by atoms with Gasteiger partial charge in [0.15, 0.2) is 5.82 Å². The molecular formula is C19H19N5O2. The quantitative estimate of drug-likeness (QED) is 0.521. The van der Waals surface area contributed by atoms with E-state index in [9.17, 15) is 5.11 Å². The molecule has 4 rings (SSSR count). The molecule has 0 spiro atoms. The summed E-state index contributed by atoms with van der Waals surface area (Å²) in [4.78, 5) is 8.53. The molecule has 0 bridgehead atoms. The second-order valence-corrected chi connectivity index (χ2v) is 6.07. The van der Waals surface area contributed by atoms with Crippen molar-refractivity contribution in [2.45, 2.75) is 13.2 Å². The summed E-state index contributed by atoms with van der Waals surface area (Å²) in [6.45, 7) is 0.463. The fraction of sp³-hybridized carbons (Fsp3) is 0.158. The highest BCUT2D eigenvalue weighted by atomic mass is 16.5. The number of fused-ring (bicyclic) bond motifs is 3. The summed E-state index contributed by atoms with van der Waals surface area (Å²) in [5.74, 6) is 1.22. The molecule has 5 N–H and O–H groups in total. The van der Waals surface area contributed by atoms with E-state index in [1.165, 1.54) is 0 Å². The van der Waals surface area contributed by atoms with Crippen LogP contribution in [0.2, 0.25) is 0 Å². The van der Waals surface area contributed by atoms with Gasteiger partial charge in [-0.3, -0.25) is 0 Å². The molecule has 0 saturated carbocycles. The molecule has 7 nitrogen and oxygen atoms in total. The van der Waals surface area contributed by atoms with E-state index in [0.717, 1.165) is 38.8 Å². The van der Waals surface area contributed by atoms with Crippen LogP contribution >= 0.6 is 0 Å². The second kappa shape index (κ2) is 6.20. The number of rotatable bonds is 4. The van der Waals surface area contributed by atoms with Gasteiger partial charge in [0.05, 0.1) is 25.8 Å². The van der Waals surface area contributed by atoms with Crippen molar-refractivity contribution in [1.29, 1.82) is 0 Å². The molecule has 132 valence electrons. The van der Waals surface area contributed by atoms with E-state index in [2.05, 4.69) is 14.5 Å². The highest BCUT2D eigenvalue weighted by Crippen LogP contribution is 2.33. The minimum absolute atomic E-state index is 0.0358. The summed E-state index contributed by atoms with van der Waals surface area (Å²) < 4.78 is 7.54. The van der Waals surface area contributed by atoms with Crippen molar-refractivity contribution < 1.29 is 9.84 Å². The zero-order chi connectivity index (χ0) is 18.3. The van der Waals surface area contributed by atoms with Crippen LogP contribution in [0, 0.1) is 0 Å². The molecule has 4 aromatic rings. The Hall–Kier alpha value is -3.32. The smallest absolute Gasteiger partial charge is 0.222 e. The molecule has 0 atom stereocenters. The fourth-order valence-electron chi connectivity index (χ4n) is 3.36. The van der Waals surface area contributed by atoms with Crippen molar-refractivity contribution in [1.82, 2.24) is 14.5 Å². The standard InChI is InChI=1S/C19H19N5O2/c1-26-15-7-6-11(10-25)8-12(15)9-24-14-5-3-2-4-13(14)16-17(24)18(20)23-19(21)22-16/h2-8,25H,9-10H2,1H3,(H4,20,21,22,23). The molecule has 0 radical (unpaired) electrons. The highest BCUT2D eigenvalue weighted by molar-refractivity contribution is 6.09. The Kier molecular flexibility index (Phi) is 3.85. The summed E-state index contributed by atoms with van der Waals surface area (Å²) in [7, 11) is 1.63. The number of nitrogen functional groups attached to an aromatic ring is 2. The first-order valence-corrected chi connectivity index (χ1v) is 8.19. The lowest BCUT2D eigenvalue weighted by molar-refractivity contribution is 0.281. The SMILES string of the molecule is COc1ccc(CO)cc1Cn1c2ccccc2c2nc(N)nc(N)c21. The Morgan fingerprint density at radius 2 is 1.92 bits per heavy atom. The number of ether oxygens (including phenoxy) is 1. The zero-order valence-corrected chi connectivity index (χ0v) is 14.3. The minimum Gasteiger partial charge on any atom is -0.496 e. The Balaban J connectivity index is 2.00. The lowest BCUT2D eigenvalue weighted by Gasteiger charge is -2.13. The van der Waals surface area contributed by atoms with Crippen molar-refractivity contribution in [3.8, 4) is 5.75 Å². The molecule has 2 aromatic carbocycles. The van der Waals surface area contributed by atoms with E-state index < -0.39 is 0 Å². The minimum atomic E-state index is -0.0358. The van der Waals surface area contributed by atoms with Crippen LogP contribution < -0.4 is 16.2 Å². The van der Waals surface area contributed by atoms with E-state index in [1.807, 2.05) is 42.5 Å². The molecule has 0 fully saturated rings. The molecular weight excluding hydrogens is 330 g/mol. The number of nitrogens with two attached hydrogens (primary N) is 2. The van der Waals surface area contributed by atoms with Gasteiger partial charge in [-0.15, -0.1) is 0 Å². The normalized spacial score (nSPS) is 11.3. The maximum atomic E-state index is 9.47. The van der Waals surface area contributed by atoms with Gasteiger partial charge in [-0.25, -0.2) is 4.98 Å². The van der Waals surface area contributed by atoms with Crippen LogP contribution in [0.25, 0.3) is 21.9 Å². The summed E-state index contributed by atoms with van der Waals surface area (Å²) in [6.07, 6.45) is 0. The number of para-hydroxylation sites is 1. The molecule has 0 saturated heterocycles. The van der Waals surface area contributed by atoms with Crippen molar-refractivity contribution in [3.05, 3.63) is 53.6 Å². The molecule has 2 heterocycles. The van der Waals surface area contributed by atoms with Crippen molar-refractivity contribution in [2.75, 3.05) is 18.6 Å². The fourth-order valence-corrected chi connectivity index (χ4v) is 3.36. The number of aliphatic hydroxyl groups excluding tert-OH is 1. The van der Waals surface area contributed by atoms with Gasteiger partial charge in [-0.1, -0.05) is 24.3 Å². The molecule has 0 amide bonds. The van der Waals surface area contributed by atoms with Crippen LogP contribution in [-0.4, -0.2) is 26.8 Å². The third-order valence-corrected chi connectivity index (χ3v) is 4.50. The number of aromatic nitrogens is 3. The van der Waals surface area contributed by atoms with Crippen LogP contribution in [0.3, 0.4) is 0 Å². The van der Waals surface area contributed by atoms with E-state index in [-0.39, 0.29) is 12.6 Å². The molecule has 0 aliphatic heterocycles. The number of benzene rings is 2. The number of nitrogens with zero attached hydrogens (tertiary/aromatic N) is 3. The van der Waals surface area contributed by atoms with Crippen molar-refractivity contribution >= 4 is 33.7 Å². The van der Waals surface area contributed by atoms with Gasteiger partial charge in [0.2, 0.25) is 5.95 Å². The average molecular weight is 349 g/mol. The number of hydrogen-bond donors (Lipinski definition) is 3. The lowest BCUT2D eigenvalue weighted by atomic mass is 10.1. The van der Waals surface area contributed by atoms with E-state index in [1.54, 1.807) is 7.11 Å². The number of aliphatic hydroxyl groups is 1. The van der Waals surface area contributed by atoms with E-state index >= 15 is 0 Å². The van der Waals surface area contributed by atoms with Gasteiger partial charge in [0.1, 0.15) is 16.8 Å². The van der Waals surface area contributed by atoms with Gasteiger partial charge in [-0.05, 0) is 23.8 Å². The third kappa shape index (κ3) is 2.49. The van der Waals surface area contributed by atoms with Gasteiger partial charge in [0, 0.05) is 10.9 Å². The molecule has 0 aliphatic rings. The van der Waals surface area contributed by atoms with Crippen molar-refractivity contribution in [3.63, 3.8) is 0 Å². The van der Waals surface area contributed by atoms with Crippen LogP contribution in [0.5, 0.6) is 5.75 Å². The lowest BCUT2D eigenvalue weighted by Crippen LogP contribution is -2.06. The first-order valence-electron chi connectivity index (χ1n) is 8.19. The predicted molar refractivity (Wildman–Crippen MR) is 102 cm³/mol. The number of anilines is 2. The Labute approximate surface area is 149 Å². The number of methoxy groups -OCH3 is 1. The van der Waals surface area contributed by atoms with E-state index in [4.69, 9.17) is 16.2 Å². The zero-order valence-electron chi connectivity index (χ0n) is 14.3. The highest BCUT2D eigenvalue weighted by Gasteiger charge is 2.17. The van der Waals surface area contributed by atoms with Gasteiger partial charge >= 0.3 is 0 Å². The maximum absolute atomic E-state index is 9.47. The Morgan fingerprint density at radius 3 is 2.69 bits per heavy atom. The first kappa shape index (κ1) is 16.2. The molecule has 2 aromatic heterocycles. The summed E-state index contributed by atoms with van der Waals surface area (Å²) >= 11 is 0. The van der Waals surface area contributed by atoms with E-state index in [0.29, 0.717) is 12.4 Å². The Bertz CT molecular complexity index is 1120. The largest absolute Gasteiger partial charge is 0.496 e. The molecule has 7 heteroatoms. The molecule has 0 aliphatic carbocycles. The molecule has 0 unspecified atom stereocenters. The number of hydrogen-bond acceptors (Lipinski definition) is 6.